The number of hydrogen-bond acceptors (Lipinski definition) is 4. The molecule has 170 valence electrons. The first-order valence-corrected chi connectivity index (χ1v) is 11.1. The summed E-state index contributed by atoms with van der Waals surface area (Å²) in [4.78, 5) is 39.4. The van der Waals surface area contributed by atoms with Gasteiger partial charge in [0.15, 0.2) is 0 Å². The summed E-state index contributed by atoms with van der Waals surface area (Å²) in [5.41, 5.74) is 0.421. The van der Waals surface area contributed by atoms with Crippen LogP contribution in [-0.4, -0.2) is 29.3 Å². The highest BCUT2D eigenvalue weighted by Gasteiger charge is 2.52. The summed E-state index contributed by atoms with van der Waals surface area (Å²) in [5, 5.41) is 6.16. The Kier molecular flexibility index (Phi) is 6.51. The van der Waals surface area contributed by atoms with Crippen LogP contribution in [0.3, 0.4) is 0 Å². The lowest BCUT2D eigenvalue weighted by molar-refractivity contribution is -0.135. The number of halogens is 1. The zero-order valence-electron chi connectivity index (χ0n) is 18.1. The van der Waals surface area contributed by atoms with Gasteiger partial charge in [-0.15, -0.1) is 0 Å². The second kappa shape index (κ2) is 9.50. The van der Waals surface area contributed by atoms with Gasteiger partial charge in [0.25, 0.3) is 5.91 Å². The van der Waals surface area contributed by atoms with Gasteiger partial charge in [-0.3, -0.25) is 14.5 Å². The topological polar surface area (TPSA) is 91.7 Å². The molecule has 7 nitrogen and oxygen atoms in total. The summed E-state index contributed by atoms with van der Waals surface area (Å²) in [5.74, 6) is 0.328. The Labute approximate surface area is 196 Å². The number of nitrogens with one attached hydrogen (secondary N) is 2. The second-order valence-corrected chi connectivity index (χ2v) is 8.33. The number of urea groups is 1. The molecule has 2 heterocycles. The predicted molar refractivity (Wildman–Crippen MR) is 124 cm³/mol. The maximum atomic E-state index is 13.3. The van der Waals surface area contributed by atoms with Gasteiger partial charge < -0.3 is 15.1 Å². The fourth-order valence-corrected chi connectivity index (χ4v) is 4.13. The molecule has 1 fully saturated rings. The summed E-state index contributed by atoms with van der Waals surface area (Å²) < 4.78 is 5.78. The first-order valence-electron chi connectivity index (χ1n) is 10.7. The molecule has 1 aliphatic heterocycles. The van der Waals surface area contributed by atoms with E-state index >= 15 is 0 Å². The lowest BCUT2D eigenvalue weighted by Gasteiger charge is -2.26. The van der Waals surface area contributed by atoms with Gasteiger partial charge in [-0.2, -0.15) is 0 Å². The highest BCUT2D eigenvalue weighted by atomic mass is 35.5. The molecule has 2 aromatic carbocycles. The second-order valence-electron chi connectivity index (χ2n) is 7.89. The molecule has 4 amide bonds. The largest absolute Gasteiger partial charge is 0.459 e. The monoisotopic (exact) mass is 465 g/mol. The number of rotatable bonds is 8. The quantitative estimate of drug-likeness (QED) is 0.480. The number of imide groups is 1. The lowest BCUT2D eigenvalue weighted by atomic mass is 9.85. The third-order valence-corrected chi connectivity index (χ3v) is 5.87. The van der Waals surface area contributed by atoms with Crippen LogP contribution in [0.5, 0.6) is 0 Å². The average molecular weight is 466 g/mol. The molecule has 0 spiro atoms. The highest BCUT2D eigenvalue weighted by Crippen LogP contribution is 2.33. The Morgan fingerprint density at radius 2 is 1.79 bits per heavy atom. The summed E-state index contributed by atoms with van der Waals surface area (Å²) in [7, 11) is 0. The van der Waals surface area contributed by atoms with Crippen LogP contribution >= 0.6 is 11.6 Å². The Balaban J connectivity index is 1.40. The smallest absolute Gasteiger partial charge is 0.325 e. The van der Waals surface area contributed by atoms with E-state index in [1.807, 2.05) is 49.4 Å². The van der Waals surface area contributed by atoms with E-state index in [0.29, 0.717) is 34.9 Å². The molecule has 0 radical (unpaired) electrons. The van der Waals surface area contributed by atoms with Gasteiger partial charge in [0.05, 0.1) is 6.54 Å². The Hall–Kier alpha value is -3.58. The van der Waals surface area contributed by atoms with Crippen LogP contribution in [0.4, 0.5) is 4.79 Å². The summed E-state index contributed by atoms with van der Waals surface area (Å²) in [6.45, 7) is 1.71. The molecule has 1 atom stereocenters. The van der Waals surface area contributed by atoms with E-state index in [-0.39, 0.29) is 13.1 Å². The lowest BCUT2D eigenvalue weighted by Crippen LogP contribution is -2.45. The normalized spacial score (nSPS) is 17.8. The number of carbonyl (C=O) groups excluding carboxylic acids is 3. The Bertz CT molecular complexity index is 1160. The molecule has 1 saturated heterocycles. The van der Waals surface area contributed by atoms with Crippen molar-refractivity contribution in [1.29, 1.82) is 0 Å². The van der Waals surface area contributed by atoms with Crippen molar-refractivity contribution >= 4 is 29.4 Å². The summed E-state index contributed by atoms with van der Waals surface area (Å²) >= 11 is 5.91. The molecule has 4 rings (SSSR count). The van der Waals surface area contributed by atoms with Crippen LogP contribution in [0.15, 0.2) is 71.1 Å². The van der Waals surface area contributed by atoms with Crippen molar-refractivity contribution in [3.8, 4) is 11.3 Å². The summed E-state index contributed by atoms with van der Waals surface area (Å²) in [6.07, 6.45) is 1.13. The van der Waals surface area contributed by atoms with E-state index in [2.05, 4.69) is 10.6 Å². The number of carbonyl (C=O) groups is 3. The van der Waals surface area contributed by atoms with Crippen LogP contribution in [0, 0.1) is 0 Å². The van der Waals surface area contributed by atoms with Gasteiger partial charge in [-0.25, -0.2) is 4.79 Å². The molecule has 0 saturated carbocycles. The number of amides is 4. The first-order chi connectivity index (χ1) is 15.9. The van der Waals surface area contributed by atoms with E-state index in [1.165, 1.54) is 0 Å². The van der Waals surface area contributed by atoms with Crippen molar-refractivity contribution in [2.45, 2.75) is 31.8 Å². The highest BCUT2D eigenvalue weighted by molar-refractivity contribution is 6.30. The standard InChI is InChI=1S/C25H24ClN3O4/c1-2-14-25(18-6-4-3-5-7-18)23(31)29(24(32)28-25)16-22(30)27-15-20-12-13-21(33-20)17-8-10-19(26)11-9-17/h3-13H,2,14-16H2,1H3,(H,27,30)(H,28,32). The molecule has 8 heteroatoms. The minimum atomic E-state index is -1.15. The van der Waals surface area contributed by atoms with E-state index in [0.717, 1.165) is 10.5 Å². The van der Waals surface area contributed by atoms with Crippen LogP contribution in [0.2, 0.25) is 5.02 Å². The molecule has 1 aliphatic rings. The van der Waals surface area contributed by atoms with Crippen molar-refractivity contribution in [1.82, 2.24) is 15.5 Å². The third-order valence-electron chi connectivity index (χ3n) is 5.62. The molecule has 0 bridgehead atoms. The first kappa shape index (κ1) is 22.6. The number of benzene rings is 2. The van der Waals surface area contributed by atoms with Crippen molar-refractivity contribution in [2.75, 3.05) is 6.54 Å². The maximum Gasteiger partial charge on any atom is 0.325 e. The minimum absolute atomic E-state index is 0.134. The van der Waals surface area contributed by atoms with Gasteiger partial charge in [-0.1, -0.05) is 55.3 Å². The molecular formula is C25H24ClN3O4. The molecular weight excluding hydrogens is 442 g/mol. The molecule has 0 aliphatic carbocycles. The van der Waals surface area contributed by atoms with Gasteiger partial charge in [0.2, 0.25) is 5.91 Å². The van der Waals surface area contributed by atoms with E-state index in [9.17, 15) is 14.4 Å². The summed E-state index contributed by atoms with van der Waals surface area (Å²) in [6, 6.07) is 19.3. The molecule has 2 N–H and O–H groups in total. The zero-order chi connectivity index (χ0) is 23.4. The number of hydrogen-bond donors (Lipinski definition) is 2. The van der Waals surface area contributed by atoms with Crippen LogP contribution in [0.1, 0.15) is 31.1 Å². The van der Waals surface area contributed by atoms with E-state index < -0.39 is 23.4 Å². The molecule has 1 aromatic heterocycles. The van der Waals surface area contributed by atoms with Crippen LogP contribution in [0.25, 0.3) is 11.3 Å². The van der Waals surface area contributed by atoms with Gasteiger partial charge in [0.1, 0.15) is 23.6 Å². The van der Waals surface area contributed by atoms with E-state index in [4.69, 9.17) is 16.0 Å². The molecule has 3 aromatic rings. The van der Waals surface area contributed by atoms with Crippen LogP contribution < -0.4 is 10.6 Å². The Morgan fingerprint density at radius 3 is 2.48 bits per heavy atom. The molecule has 33 heavy (non-hydrogen) atoms. The van der Waals surface area contributed by atoms with Crippen LogP contribution in [-0.2, 0) is 21.7 Å². The predicted octanol–water partition coefficient (Wildman–Crippen LogP) is 4.46. The zero-order valence-corrected chi connectivity index (χ0v) is 18.9. The fraction of sp³-hybridized carbons (Fsp3) is 0.240. The fourth-order valence-electron chi connectivity index (χ4n) is 4.00. The SMILES string of the molecule is CCCC1(c2ccccc2)NC(=O)N(CC(=O)NCc2ccc(-c3ccc(Cl)cc3)o2)C1=O. The van der Waals surface area contributed by atoms with Crippen molar-refractivity contribution in [3.05, 3.63) is 83.1 Å². The third kappa shape index (κ3) is 4.64. The average Bonchev–Trinajstić information content (AvgIpc) is 3.38. The number of furan rings is 1. The minimum Gasteiger partial charge on any atom is -0.459 e. The molecule has 1 unspecified atom stereocenters. The number of nitrogens with zero attached hydrogens (tertiary/aromatic N) is 1. The van der Waals surface area contributed by atoms with Crippen molar-refractivity contribution in [2.24, 2.45) is 0 Å². The van der Waals surface area contributed by atoms with Crippen molar-refractivity contribution < 1.29 is 18.8 Å². The van der Waals surface area contributed by atoms with Gasteiger partial charge in [-0.05, 0) is 48.4 Å². The van der Waals surface area contributed by atoms with Crippen molar-refractivity contribution in [3.63, 3.8) is 0 Å². The van der Waals surface area contributed by atoms with Gasteiger partial charge >= 0.3 is 6.03 Å². The van der Waals surface area contributed by atoms with E-state index in [1.54, 1.807) is 24.3 Å². The maximum absolute atomic E-state index is 13.3. The Morgan fingerprint density at radius 1 is 1.06 bits per heavy atom. The van der Waals surface area contributed by atoms with Gasteiger partial charge in [0, 0.05) is 10.6 Å².